The number of imide groups is 2. The Hall–Kier alpha value is -3.23. The van der Waals surface area contributed by atoms with Gasteiger partial charge in [0.1, 0.15) is 17.9 Å². The lowest BCUT2D eigenvalue weighted by Crippen LogP contribution is -2.54. The number of nitrogens with one attached hydrogen (secondary N) is 1. The Bertz CT molecular complexity index is 1240. The number of nitrogens with zero attached hydrogens (tertiary/aromatic N) is 1. The minimum atomic E-state index is -0.777. The average Bonchev–Trinajstić information content (AvgIpc) is 2.78. The third kappa shape index (κ3) is 4.66. The van der Waals surface area contributed by atoms with Gasteiger partial charge in [-0.2, -0.15) is 0 Å². The van der Waals surface area contributed by atoms with Crippen molar-refractivity contribution in [2.75, 3.05) is 4.90 Å². The minimum Gasteiger partial charge on any atom is -0.488 e. The highest BCUT2D eigenvalue weighted by Gasteiger charge is 2.36. The van der Waals surface area contributed by atoms with Crippen LogP contribution in [0, 0.1) is 0 Å². The largest absolute Gasteiger partial charge is 0.488 e. The van der Waals surface area contributed by atoms with E-state index in [1.54, 1.807) is 48.5 Å². The highest BCUT2D eigenvalue weighted by molar-refractivity contribution is 9.10. The Morgan fingerprint density at radius 3 is 2.31 bits per heavy atom. The molecule has 0 aromatic heterocycles. The molecule has 0 aliphatic carbocycles. The van der Waals surface area contributed by atoms with Crippen molar-refractivity contribution in [2.24, 2.45) is 0 Å². The maximum Gasteiger partial charge on any atom is 0.335 e. The van der Waals surface area contributed by atoms with E-state index in [-0.39, 0.29) is 5.57 Å². The van der Waals surface area contributed by atoms with E-state index >= 15 is 0 Å². The maximum atomic E-state index is 12.9. The van der Waals surface area contributed by atoms with E-state index in [9.17, 15) is 14.4 Å². The second-order valence-corrected chi connectivity index (χ2v) is 8.57. The highest BCUT2D eigenvalue weighted by atomic mass is 79.9. The van der Waals surface area contributed by atoms with Crippen LogP contribution in [0.4, 0.5) is 10.5 Å². The van der Waals surface area contributed by atoms with Gasteiger partial charge in [0.25, 0.3) is 11.8 Å². The number of anilines is 1. The van der Waals surface area contributed by atoms with Crippen LogP contribution in [0.3, 0.4) is 0 Å². The molecular formula is C24H16Br2N2O4. The van der Waals surface area contributed by atoms with Gasteiger partial charge in [0.05, 0.1) is 10.2 Å². The number of rotatable bonds is 5. The Kier molecular flexibility index (Phi) is 6.53. The fraction of sp³-hybridized carbons (Fsp3) is 0.0417. The van der Waals surface area contributed by atoms with Crippen LogP contribution in [0.2, 0.25) is 0 Å². The van der Waals surface area contributed by atoms with Gasteiger partial charge in [-0.3, -0.25) is 14.9 Å². The van der Waals surface area contributed by atoms with Crippen LogP contribution < -0.4 is 15.0 Å². The number of barbiturate groups is 1. The predicted octanol–water partition coefficient (Wildman–Crippen LogP) is 5.46. The van der Waals surface area contributed by atoms with Gasteiger partial charge in [-0.05, 0) is 57.9 Å². The van der Waals surface area contributed by atoms with Gasteiger partial charge in [-0.25, -0.2) is 9.69 Å². The van der Waals surface area contributed by atoms with E-state index in [0.717, 1.165) is 14.9 Å². The molecule has 0 unspecified atom stereocenters. The molecule has 3 aromatic carbocycles. The van der Waals surface area contributed by atoms with Crippen molar-refractivity contribution in [3.8, 4) is 5.75 Å². The summed E-state index contributed by atoms with van der Waals surface area (Å²) in [5, 5.41) is 2.22. The fourth-order valence-corrected chi connectivity index (χ4v) is 4.04. The van der Waals surface area contributed by atoms with Crippen LogP contribution in [0.15, 0.2) is 87.3 Å². The molecular weight excluding hydrogens is 540 g/mol. The average molecular weight is 556 g/mol. The van der Waals surface area contributed by atoms with Crippen molar-refractivity contribution in [3.05, 3.63) is 98.4 Å². The number of benzene rings is 3. The lowest BCUT2D eigenvalue weighted by atomic mass is 10.1. The number of para-hydroxylation sites is 1. The molecule has 4 amide bonds. The zero-order chi connectivity index (χ0) is 22.7. The highest BCUT2D eigenvalue weighted by Crippen LogP contribution is 2.29. The van der Waals surface area contributed by atoms with E-state index < -0.39 is 17.8 Å². The van der Waals surface area contributed by atoms with Gasteiger partial charge >= 0.3 is 6.03 Å². The van der Waals surface area contributed by atoms with Gasteiger partial charge in [0, 0.05) is 10.0 Å². The van der Waals surface area contributed by atoms with Crippen LogP contribution in [-0.4, -0.2) is 17.8 Å². The maximum absolute atomic E-state index is 12.9. The van der Waals surface area contributed by atoms with Gasteiger partial charge in [0.15, 0.2) is 0 Å². The monoisotopic (exact) mass is 554 g/mol. The molecule has 6 nitrogen and oxygen atoms in total. The Labute approximate surface area is 201 Å². The van der Waals surface area contributed by atoms with Crippen molar-refractivity contribution in [1.82, 2.24) is 5.32 Å². The van der Waals surface area contributed by atoms with Crippen LogP contribution in [-0.2, 0) is 16.2 Å². The molecule has 1 fully saturated rings. The molecule has 1 aliphatic heterocycles. The van der Waals surface area contributed by atoms with Crippen molar-refractivity contribution >= 4 is 61.5 Å². The van der Waals surface area contributed by atoms with E-state index in [2.05, 4.69) is 37.2 Å². The summed E-state index contributed by atoms with van der Waals surface area (Å²) in [7, 11) is 0. The number of amides is 4. The Balaban J connectivity index is 1.56. The SMILES string of the molecule is O=C1NC(=O)N(c2ccccc2)C(=O)/C1=C/c1ccc(OCc2ccccc2Br)c(Br)c1. The molecule has 0 spiro atoms. The second-order valence-electron chi connectivity index (χ2n) is 6.86. The first-order chi connectivity index (χ1) is 15.4. The molecule has 8 heteroatoms. The van der Waals surface area contributed by atoms with E-state index in [4.69, 9.17) is 4.74 Å². The molecule has 0 atom stereocenters. The van der Waals surface area contributed by atoms with Crippen LogP contribution in [0.25, 0.3) is 6.08 Å². The van der Waals surface area contributed by atoms with E-state index in [0.29, 0.717) is 28.1 Å². The number of halogens is 2. The third-order valence-corrected chi connectivity index (χ3v) is 6.12. The number of ether oxygens (including phenoxy) is 1. The van der Waals surface area contributed by atoms with Crippen LogP contribution in [0.1, 0.15) is 11.1 Å². The number of urea groups is 1. The third-order valence-electron chi connectivity index (χ3n) is 4.72. The molecule has 1 heterocycles. The molecule has 32 heavy (non-hydrogen) atoms. The van der Waals surface area contributed by atoms with E-state index in [1.807, 2.05) is 24.3 Å². The molecule has 0 radical (unpaired) electrons. The topological polar surface area (TPSA) is 75.7 Å². The molecule has 0 saturated carbocycles. The summed E-state index contributed by atoms with van der Waals surface area (Å²) in [6, 6.07) is 20.7. The predicted molar refractivity (Wildman–Crippen MR) is 128 cm³/mol. The van der Waals surface area contributed by atoms with E-state index in [1.165, 1.54) is 6.08 Å². The van der Waals surface area contributed by atoms with Gasteiger partial charge in [-0.1, -0.05) is 58.4 Å². The van der Waals surface area contributed by atoms with Crippen LogP contribution >= 0.6 is 31.9 Å². The van der Waals surface area contributed by atoms with Gasteiger partial charge in [-0.15, -0.1) is 0 Å². The lowest BCUT2D eigenvalue weighted by Gasteiger charge is -2.26. The quantitative estimate of drug-likeness (QED) is 0.335. The summed E-state index contributed by atoms with van der Waals surface area (Å²) in [4.78, 5) is 38.5. The fourth-order valence-electron chi connectivity index (χ4n) is 3.13. The number of carbonyl (C=O) groups excluding carboxylic acids is 3. The van der Waals surface area contributed by atoms with Crippen molar-refractivity contribution in [1.29, 1.82) is 0 Å². The Morgan fingerprint density at radius 2 is 1.59 bits per heavy atom. The second kappa shape index (κ2) is 9.50. The minimum absolute atomic E-state index is 0.137. The van der Waals surface area contributed by atoms with Crippen LogP contribution in [0.5, 0.6) is 5.75 Å². The molecule has 4 rings (SSSR count). The summed E-state index contributed by atoms with van der Waals surface area (Å²) < 4.78 is 7.50. The van der Waals surface area contributed by atoms with Crippen molar-refractivity contribution < 1.29 is 19.1 Å². The summed E-state index contributed by atoms with van der Waals surface area (Å²) in [5.41, 5.74) is 1.85. The molecule has 160 valence electrons. The molecule has 0 bridgehead atoms. The Morgan fingerprint density at radius 1 is 0.875 bits per heavy atom. The summed E-state index contributed by atoms with van der Waals surface area (Å²) >= 11 is 6.97. The van der Waals surface area contributed by atoms with Gasteiger partial charge in [0.2, 0.25) is 0 Å². The molecule has 1 N–H and O–H groups in total. The normalized spacial score (nSPS) is 15.1. The summed E-state index contributed by atoms with van der Waals surface area (Å²) in [5.74, 6) is -0.809. The lowest BCUT2D eigenvalue weighted by molar-refractivity contribution is -0.122. The molecule has 1 saturated heterocycles. The summed E-state index contributed by atoms with van der Waals surface area (Å²) in [6.07, 6.45) is 1.45. The summed E-state index contributed by atoms with van der Waals surface area (Å²) in [6.45, 7) is 0.371. The van der Waals surface area contributed by atoms with Crippen molar-refractivity contribution in [2.45, 2.75) is 6.61 Å². The zero-order valence-electron chi connectivity index (χ0n) is 16.5. The molecule has 3 aromatic rings. The van der Waals surface area contributed by atoms with Crippen molar-refractivity contribution in [3.63, 3.8) is 0 Å². The molecule has 1 aliphatic rings. The first kappa shape index (κ1) is 22.0. The number of carbonyl (C=O) groups is 3. The zero-order valence-corrected chi connectivity index (χ0v) is 19.7. The standard InChI is InChI=1S/C24H16Br2N2O4/c25-19-9-5-4-6-16(19)14-32-21-11-10-15(13-20(21)26)12-18-22(29)27-24(31)28(23(18)30)17-7-2-1-3-8-17/h1-13H,14H2,(H,27,29,31)/b18-12+. The number of hydrogen-bond acceptors (Lipinski definition) is 4. The first-order valence-electron chi connectivity index (χ1n) is 9.56. The smallest absolute Gasteiger partial charge is 0.335 e. The first-order valence-corrected chi connectivity index (χ1v) is 11.1. The number of hydrogen-bond donors (Lipinski definition) is 1. The van der Waals surface area contributed by atoms with Gasteiger partial charge < -0.3 is 4.74 Å².